The first-order valence-corrected chi connectivity index (χ1v) is 6.41. The van der Waals surface area contributed by atoms with Crippen molar-refractivity contribution in [1.29, 1.82) is 5.26 Å². The molecule has 2 heterocycles. The van der Waals surface area contributed by atoms with E-state index in [-0.39, 0.29) is 6.04 Å². The lowest BCUT2D eigenvalue weighted by Crippen LogP contribution is -2.46. The van der Waals surface area contributed by atoms with Crippen LogP contribution in [0.4, 0.5) is 0 Å². The molecule has 0 amide bonds. The van der Waals surface area contributed by atoms with E-state index >= 15 is 0 Å². The van der Waals surface area contributed by atoms with Crippen molar-refractivity contribution in [2.24, 2.45) is 7.05 Å². The molecule has 2 rings (SSSR count). The average Bonchev–Trinajstić information content (AvgIpc) is 2.64. The zero-order valence-corrected chi connectivity index (χ0v) is 11.7. The fourth-order valence-electron chi connectivity index (χ4n) is 2.11. The first-order valence-electron chi connectivity index (χ1n) is 5.62. The highest BCUT2D eigenvalue weighted by Crippen LogP contribution is 2.26. The van der Waals surface area contributed by atoms with E-state index in [1.807, 2.05) is 11.6 Å². The summed E-state index contributed by atoms with van der Waals surface area (Å²) in [6.07, 6.45) is 1.74. The van der Waals surface area contributed by atoms with Crippen LogP contribution in [0.5, 0.6) is 0 Å². The second kappa shape index (κ2) is 5.17. The van der Waals surface area contributed by atoms with E-state index in [1.165, 1.54) is 0 Å². The number of aryl methyl sites for hydroxylation is 1. The third-order valence-corrected chi connectivity index (χ3v) is 3.83. The molecule has 0 saturated carbocycles. The maximum Gasteiger partial charge on any atom is 0.141 e. The molecule has 92 valence electrons. The smallest absolute Gasteiger partial charge is 0.141 e. The van der Waals surface area contributed by atoms with Crippen LogP contribution in [-0.4, -0.2) is 52.6 Å². The van der Waals surface area contributed by atoms with Gasteiger partial charge >= 0.3 is 0 Å². The van der Waals surface area contributed by atoms with Gasteiger partial charge in [0.2, 0.25) is 0 Å². The summed E-state index contributed by atoms with van der Waals surface area (Å²) < 4.78 is 2.68. The second-order valence-corrected chi connectivity index (χ2v) is 5.15. The van der Waals surface area contributed by atoms with Gasteiger partial charge in [-0.05, 0) is 23.0 Å². The highest BCUT2D eigenvalue weighted by Gasteiger charge is 2.27. The molecular weight excluding hydrogens is 282 g/mol. The van der Waals surface area contributed by atoms with Crippen LogP contribution in [0.15, 0.2) is 10.9 Å². The lowest BCUT2D eigenvalue weighted by Gasteiger charge is -2.35. The van der Waals surface area contributed by atoms with Crippen LogP contribution in [0, 0.1) is 11.3 Å². The number of nitriles is 1. The van der Waals surface area contributed by atoms with E-state index in [2.05, 4.69) is 43.8 Å². The Balaban J connectivity index is 2.20. The standard InChI is InChI=1S/C11H16BrN5/c1-15-3-5-17(6-4-15)9(7-13)10-11(12)14-8-16(10)2/h8-9H,3-6H2,1-2H3. The van der Waals surface area contributed by atoms with Crippen molar-refractivity contribution in [2.75, 3.05) is 33.2 Å². The van der Waals surface area contributed by atoms with Gasteiger partial charge in [-0.15, -0.1) is 0 Å². The van der Waals surface area contributed by atoms with Crippen LogP contribution in [0.3, 0.4) is 0 Å². The summed E-state index contributed by atoms with van der Waals surface area (Å²) in [6.45, 7) is 3.86. The SMILES string of the molecule is CN1CCN(C(C#N)c2c(Br)ncn2C)CC1. The first kappa shape index (κ1) is 12.6. The van der Waals surface area contributed by atoms with Gasteiger partial charge in [-0.2, -0.15) is 5.26 Å². The number of halogens is 1. The fourth-order valence-corrected chi connectivity index (χ4v) is 2.70. The third-order valence-electron chi connectivity index (χ3n) is 3.22. The van der Waals surface area contributed by atoms with Crippen LogP contribution >= 0.6 is 15.9 Å². The molecule has 1 saturated heterocycles. The van der Waals surface area contributed by atoms with Crippen molar-refractivity contribution in [3.05, 3.63) is 16.6 Å². The average molecular weight is 298 g/mol. The maximum absolute atomic E-state index is 9.40. The molecule has 1 atom stereocenters. The number of hydrogen-bond acceptors (Lipinski definition) is 4. The Bertz CT molecular complexity index is 408. The number of imidazole rings is 1. The van der Waals surface area contributed by atoms with Crippen LogP contribution in [0.25, 0.3) is 0 Å². The van der Waals surface area contributed by atoms with Crippen molar-refractivity contribution in [2.45, 2.75) is 6.04 Å². The van der Waals surface area contributed by atoms with E-state index in [0.29, 0.717) is 0 Å². The summed E-state index contributed by atoms with van der Waals surface area (Å²) in [7, 11) is 4.03. The Hall–Kier alpha value is -0.900. The fraction of sp³-hybridized carbons (Fsp3) is 0.636. The van der Waals surface area contributed by atoms with Crippen LogP contribution in [-0.2, 0) is 7.05 Å². The van der Waals surface area contributed by atoms with Gasteiger partial charge in [-0.1, -0.05) is 0 Å². The van der Waals surface area contributed by atoms with Crippen molar-refractivity contribution >= 4 is 15.9 Å². The van der Waals surface area contributed by atoms with Gasteiger partial charge in [-0.25, -0.2) is 4.98 Å². The molecular formula is C11H16BrN5. The monoisotopic (exact) mass is 297 g/mol. The Morgan fingerprint density at radius 1 is 1.35 bits per heavy atom. The predicted octanol–water partition coefficient (Wildman–Crippen LogP) is 0.995. The van der Waals surface area contributed by atoms with Gasteiger partial charge in [-0.3, -0.25) is 4.90 Å². The minimum absolute atomic E-state index is 0.217. The summed E-state index contributed by atoms with van der Waals surface area (Å²) in [5.41, 5.74) is 0.942. The second-order valence-electron chi connectivity index (χ2n) is 4.40. The summed E-state index contributed by atoms with van der Waals surface area (Å²) in [5, 5.41) is 9.40. The molecule has 17 heavy (non-hydrogen) atoms. The highest BCUT2D eigenvalue weighted by molar-refractivity contribution is 9.10. The molecule has 1 aliphatic rings. The molecule has 5 nitrogen and oxygen atoms in total. The lowest BCUT2D eigenvalue weighted by molar-refractivity contribution is 0.130. The normalized spacial score (nSPS) is 20.1. The molecule has 0 radical (unpaired) electrons. The number of likely N-dealkylation sites (N-methyl/N-ethyl adjacent to an activating group) is 1. The van der Waals surface area contributed by atoms with Gasteiger partial charge in [0.05, 0.1) is 18.1 Å². The minimum atomic E-state index is -0.217. The van der Waals surface area contributed by atoms with Crippen molar-refractivity contribution < 1.29 is 0 Å². The Morgan fingerprint density at radius 2 is 2.00 bits per heavy atom. The van der Waals surface area contributed by atoms with Crippen molar-refractivity contribution in [1.82, 2.24) is 19.4 Å². The molecule has 6 heteroatoms. The molecule has 0 bridgehead atoms. The van der Waals surface area contributed by atoms with E-state index in [1.54, 1.807) is 6.33 Å². The quantitative estimate of drug-likeness (QED) is 0.817. The van der Waals surface area contributed by atoms with Crippen molar-refractivity contribution in [3.63, 3.8) is 0 Å². The van der Waals surface area contributed by atoms with Crippen LogP contribution in [0.2, 0.25) is 0 Å². The van der Waals surface area contributed by atoms with E-state index in [0.717, 1.165) is 36.5 Å². The van der Waals surface area contributed by atoms with E-state index in [9.17, 15) is 5.26 Å². The zero-order valence-electron chi connectivity index (χ0n) is 10.1. The highest BCUT2D eigenvalue weighted by atomic mass is 79.9. The van der Waals surface area contributed by atoms with Gasteiger partial charge < -0.3 is 9.47 Å². The minimum Gasteiger partial charge on any atom is -0.334 e. The molecule has 1 unspecified atom stereocenters. The van der Waals surface area contributed by atoms with E-state index in [4.69, 9.17) is 0 Å². The molecule has 0 aliphatic carbocycles. The van der Waals surface area contributed by atoms with E-state index < -0.39 is 0 Å². The lowest BCUT2D eigenvalue weighted by atomic mass is 10.1. The summed E-state index contributed by atoms with van der Waals surface area (Å²) in [6, 6.07) is 2.17. The van der Waals surface area contributed by atoms with Gasteiger partial charge in [0.15, 0.2) is 0 Å². The van der Waals surface area contributed by atoms with Gasteiger partial charge in [0, 0.05) is 33.2 Å². The molecule has 0 N–H and O–H groups in total. The Labute approximate surface area is 110 Å². The van der Waals surface area contributed by atoms with Crippen molar-refractivity contribution in [3.8, 4) is 6.07 Å². The number of rotatable bonds is 2. The summed E-state index contributed by atoms with van der Waals surface area (Å²) in [5.74, 6) is 0. The third kappa shape index (κ3) is 2.51. The number of aromatic nitrogens is 2. The van der Waals surface area contributed by atoms with Crippen LogP contribution < -0.4 is 0 Å². The van der Waals surface area contributed by atoms with Gasteiger partial charge in [0.25, 0.3) is 0 Å². The molecule has 0 spiro atoms. The maximum atomic E-state index is 9.40. The zero-order chi connectivity index (χ0) is 12.4. The summed E-state index contributed by atoms with van der Waals surface area (Å²) in [4.78, 5) is 8.68. The topological polar surface area (TPSA) is 48.1 Å². The van der Waals surface area contributed by atoms with Crippen LogP contribution in [0.1, 0.15) is 11.7 Å². The summed E-state index contributed by atoms with van der Waals surface area (Å²) >= 11 is 3.42. The molecule has 1 fully saturated rings. The first-order chi connectivity index (χ1) is 8.13. The molecule has 1 aliphatic heterocycles. The van der Waals surface area contributed by atoms with Gasteiger partial charge in [0.1, 0.15) is 10.6 Å². The predicted molar refractivity (Wildman–Crippen MR) is 68.3 cm³/mol. The molecule has 1 aromatic heterocycles. The number of hydrogen-bond donors (Lipinski definition) is 0. The number of piperazine rings is 1. The number of nitrogens with zero attached hydrogens (tertiary/aromatic N) is 5. The molecule has 1 aromatic rings. The Kier molecular flexibility index (Phi) is 3.82. The largest absolute Gasteiger partial charge is 0.334 e. The Morgan fingerprint density at radius 3 is 2.47 bits per heavy atom. The molecule has 0 aromatic carbocycles.